The molecule has 0 saturated carbocycles. The highest BCUT2D eigenvalue weighted by atomic mass is 16.6. The van der Waals surface area contributed by atoms with Crippen molar-refractivity contribution < 1.29 is 14.5 Å². The Balaban J connectivity index is 2.85. The summed E-state index contributed by atoms with van der Waals surface area (Å²) in [5.74, 6) is -0.350. The van der Waals surface area contributed by atoms with Crippen LogP contribution in [0.1, 0.15) is 30.6 Å². The highest BCUT2D eigenvalue weighted by Crippen LogP contribution is 2.22. The molecule has 1 aromatic rings. The second-order valence-corrected chi connectivity index (χ2v) is 4.37. The fourth-order valence-corrected chi connectivity index (χ4v) is 1.72. The van der Waals surface area contributed by atoms with Gasteiger partial charge >= 0.3 is 0 Å². The standard InChI is InChI=1S/C14H21N3O4/c1-3-7-15-13-6-5-11(17(19)20)10-12(13)14(18)16-8-9-21-4-2/h5-6,10,15H,3-4,7-9H2,1-2H3,(H,16,18). The topological polar surface area (TPSA) is 93.5 Å². The molecule has 1 amide bonds. The second kappa shape index (κ2) is 8.91. The van der Waals surface area contributed by atoms with Crippen molar-refractivity contribution in [2.75, 3.05) is 31.6 Å². The Morgan fingerprint density at radius 1 is 1.33 bits per heavy atom. The maximum absolute atomic E-state index is 12.1. The summed E-state index contributed by atoms with van der Waals surface area (Å²) < 4.78 is 5.14. The van der Waals surface area contributed by atoms with Gasteiger partial charge in [0.1, 0.15) is 0 Å². The monoisotopic (exact) mass is 295 g/mol. The number of nitro benzene ring substituents is 1. The fourth-order valence-electron chi connectivity index (χ4n) is 1.72. The maximum atomic E-state index is 12.1. The number of amides is 1. The largest absolute Gasteiger partial charge is 0.384 e. The number of rotatable bonds is 9. The van der Waals surface area contributed by atoms with Crippen LogP contribution in [0, 0.1) is 10.1 Å². The molecule has 2 N–H and O–H groups in total. The molecule has 0 aliphatic heterocycles. The van der Waals surface area contributed by atoms with Crippen LogP contribution in [0.3, 0.4) is 0 Å². The van der Waals surface area contributed by atoms with Gasteiger partial charge in [0, 0.05) is 37.5 Å². The molecule has 7 heteroatoms. The number of hydrogen-bond acceptors (Lipinski definition) is 5. The molecule has 0 unspecified atom stereocenters. The van der Waals surface area contributed by atoms with Crippen molar-refractivity contribution in [3.63, 3.8) is 0 Å². The Bertz CT molecular complexity index is 491. The third-order valence-corrected chi connectivity index (χ3v) is 2.76. The van der Waals surface area contributed by atoms with E-state index in [1.54, 1.807) is 6.07 Å². The number of nitro groups is 1. The first-order valence-electron chi connectivity index (χ1n) is 6.98. The molecule has 0 fully saturated rings. The number of carbonyl (C=O) groups is 1. The van der Waals surface area contributed by atoms with Gasteiger partial charge in [-0.15, -0.1) is 0 Å². The number of anilines is 1. The predicted octanol–water partition coefficient (Wildman–Crippen LogP) is 2.18. The Kier molecular flexibility index (Phi) is 7.17. The average Bonchev–Trinajstić information content (AvgIpc) is 2.49. The minimum absolute atomic E-state index is 0.105. The van der Waals surface area contributed by atoms with E-state index in [4.69, 9.17) is 4.74 Å². The molecule has 0 aliphatic carbocycles. The number of hydrogen-bond donors (Lipinski definition) is 2. The number of non-ortho nitro benzene ring substituents is 1. The van der Waals surface area contributed by atoms with Crippen molar-refractivity contribution >= 4 is 17.3 Å². The van der Waals surface area contributed by atoms with Crippen LogP contribution in [0.2, 0.25) is 0 Å². The zero-order chi connectivity index (χ0) is 15.7. The summed E-state index contributed by atoms with van der Waals surface area (Å²) in [6, 6.07) is 4.23. The fraction of sp³-hybridized carbons (Fsp3) is 0.500. The van der Waals surface area contributed by atoms with Crippen LogP contribution in [0.15, 0.2) is 18.2 Å². The van der Waals surface area contributed by atoms with E-state index in [0.29, 0.717) is 32.0 Å². The molecule has 21 heavy (non-hydrogen) atoms. The molecule has 0 spiro atoms. The van der Waals surface area contributed by atoms with Crippen LogP contribution in [0.5, 0.6) is 0 Å². The Morgan fingerprint density at radius 2 is 2.10 bits per heavy atom. The molecule has 0 aliphatic rings. The number of benzene rings is 1. The first-order valence-corrected chi connectivity index (χ1v) is 6.98. The van der Waals surface area contributed by atoms with E-state index in [0.717, 1.165) is 6.42 Å². The van der Waals surface area contributed by atoms with Gasteiger partial charge in [-0.25, -0.2) is 0 Å². The molecule has 7 nitrogen and oxygen atoms in total. The van der Waals surface area contributed by atoms with Crippen molar-refractivity contribution in [1.82, 2.24) is 5.32 Å². The first-order chi connectivity index (χ1) is 10.1. The molecule has 1 rings (SSSR count). The van der Waals surface area contributed by atoms with E-state index >= 15 is 0 Å². The van der Waals surface area contributed by atoms with Crippen LogP contribution in [0.25, 0.3) is 0 Å². The third kappa shape index (κ3) is 5.39. The van der Waals surface area contributed by atoms with Crippen LogP contribution >= 0.6 is 0 Å². The van der Waals surface area contributed by atoms with Crippen molar-refractivity contribution in [3.8, 4) is 0 Å². The van der Waals surface area contributed by atoms with Crippen molar-refractivity contribution in [1.29, 1.82) is 0 Å². The molecule has 0 heterocycles. The van der Waals surface area contributed by atoms with Crippen molar-refractivity contribution in [2.45, 2.75) is 20.3 Å². The summed E-state index contributed by atoms with van der Waals surface area (Å²) in [6.07, 6.45) is 0.891. The summed E-state index contributed by atoms with van der Waals surface area (Å²) in [7, 11) is 0. The quantitative estimate of drug-likeness (QED) is 0.414. The first kappa shape index (κ1) is 16.9. The summed E-state index contributed by atoms with van der Waals surface area (Å²) >= 11 is 0. The van der Waals surface area contributed by atoms with Crippen LogP contribution in [-0.2, 0) is 4.74 Å². The highest BCUT2D eigenvalue weighted by molar-refractivity contribution is 6.00. The van der Waals surface area contributed by atoms with Gasteiger partial charge in [-0.1, -0.05) is 6.92 Å². The molecule has 116 valence electrons. The van der Waals surface area contributed by atoms with Crippen molar-refractivity contribution in [3.05, 3.63) is 33.9 Å². The van der Waals surface area contributed by atoms with Gasteiger partial charge in [0.05, 0.1) is 17.1 Å². The van der Waals surface area contributed by atoms with E-state index in [2.05, 4.69) is 10.6 Å². The van der Waals surface area contributed by atoms with Gasteiger partial charge in [-0.2, -0.15) is 0 Å². The lowest BCUT2D eigenvalue weighted by molar-refractivity contribution is -0.384. The normalized spacial score (nSPS) is 10.2. The van der Waals surface area contributed by atoms with E-state index in [9.17, 15) is 14.9 Å². The molecule has 0 aromatic heterocycles. The number of nitrogens with one attached hydrogen (secondary N) is 2. The minimum Gasteiger partial charge on any atom is -0.384 e. The molecule has 0 radical (unpaired) electrons. The highest BCUT2D eigenvalue weighted by Gasteiger charge is 2.16. The summed E-state index contributed by atoms with van der Waals surface area (Å²) in [5.41, 5.74) is 0.762. The molecule has 1 aromatic carbocycles. The lowest BCUT2D eigenvalue weighted by atomic mass is 10.1. The second-order valence-electron chi connectivity index (χ2n) is 4.37. The Labute approximate surface area is 123 Å². The molecule has 0 bridgehead atoms. The SMILES string of the molecule is CCCNc1ccc([N+](=O)[O-])cc1C(=O)NCCOCC. The Morgan fingerprint density at radius 3 is 2.71 bits per heavy atom. The molecule has 0 atom stereocenters. The van der Waals surface area contributed by atoms with Crippen LogP contribution < -0.4 is 10.6 Å². The van der Waals surface area contributed by atoms with Crippen LogP contribution in [0.4, 0.5) is 11.4 Å². The van der Waals surface area contributed by atoms with E-state index in [1.807, 2.05) is 13.8 Å². The summed E-state index contributed by atoms with van der Waals surface area (Å²) in [4.78, 5) is 22.5. The number of carbonyl (C=O) groups excluding carboxylic acids is 1. The number of nitrogens with zero attached hydrogens (tertiary/aromatic N) is 1. The predicted molar refractivity (Wildman–Crippen MR) is 80.7 cm³/mol. The van der Waals surface area contributed by atoms with E-state index < -0.39 is 4.92 Å². The zero-order valence-electron chi connectivity index (χ0n) is 12.3. The Hall–Kier alpha value is -2.15. The van der Waals surface area contributed by atoms with E-state index in [-0.39, 0.29) is 17.2 Å². The lowest BCUT2D eigenvalue weighted by Crippen LogP contribution is -2.28. The summed E-state index contributed by atoms with van der Waals surface area (Å²) in [6.45, 7) is 5.92. The zero-order valence-corrected chi connectivity index (χ0v) is 12.3. The van der Waals surface area contributed by atoms with Gasteiger partial charge in [0.15, 0.2) is 0 Å². The van der Waals surface area contributed by atoms with E-state index in [1.165, 1.54) is 12.1 Å². The molecular weight excluding hydrogens is 274 g/mol. The minimum atomic E-state index is -0.513. The van der Waals surface area contributed by atoms with Crippen molar-refractivity contribution in [2.24, 2.45) is 0 Å². The van der Waals surface area contributed by atoms with Gasteiger partial charge in [0.25, 0.3) is 11.6 Å². The molecule has 0 saturated heterocycles. The summed E-state index contributed by atoms with van der Waals surface area (Å²) in [5, 5.41) is 16.6. The van der Waals surface area contributed by atoms with Crippen LogP contribution in [-0.4, -0.2) is 37.1 Å². The lowest BCUT2D eigenvalue weighted by Gasteiger charge is -2.11. The maximum Gasteiger partial charge on any atom is 0.270 e. The average molecular weight is 295 g/mol. The number of ether oxygens (including phenoxy) is 1. The van der Waals surface area contributed by atoms with Gasteiger partial charge in [-0.05, 0) is 19.4 Å². The third-order valence-electron chi connectivity index (χ3n) is 2.76. The smallest absolute Gasteiger partial charge is 0.270 e. The van der Waals surface area contributed by atoms with Gasteiger partial charge in [-0.3, -0.25) is 14.9 Å². The van der Waals surface area contributed by atoms with Gasteiger partial charge in [0.2, 0.25) is 0 Å². The molecular formula is C14H21N3O4. The van der Waals surface area contributed by atoms with Gasteiger partial charge < -0.3 is 15.4 Å².